The lowest BCUT2D eigenvalue weighted by Gasteiger charge is -2.28. The second-order valence-electron chi connectivity index (χ2n) is 7.64. The predicted molar refractivity (Wildman–Crippen MR) is 108 cm³/mol. The number of carbonyl (C=O) groups is 2. The van der Waals surface area contributed by atoms with E-state index in [2.05, 4.69) is 5.32 Å². The molecule has 1 amide bonds. The highest BCUT2D eigenvalue weighted by Gasteiger charge is 2.28. The molecule has 0 radical (unpaired) electrons. The zero-order valence-corrected chi connectivity index (χ0v) is 17.2. The van der Waals surface area contributed by atoms with Gasteiger partial charge in [-0.3, -0.25) is 9.59 Å². The normalized spacial score (nSPS) is 20.1. The Kier molecular flexibility index (Phi) is 6.25. The lowest BCUT2D eigenvalue weighted by Crippen LogP contribution is -2.44. The van der Waals surface area contributed by atoms with E-state index < -0.39 is 6.10 Å². The second-order valence-corrected chi connectivity index (χ2v) is 7.64. The number of esters is 1. The van der Waals surface area contributed by atoms with Gasteiger partial charge in [-0.2, -0.15) is 0 Å². The van der Waals surface area contributed by atoms with E-state index in [0.717, 1.165) is 23.8 Å². The Morgan fingerprint density at radius 2 is 1.83 bits per heavy atom. The number of methoxy groups -OCH3 is 1. The topological polar surface area (TPSA) is 94.8 Å². The number of nitrogens with one attached hydrogen (secondary N) is 1. The largest absolute Gasteiger partial charge is 0.481 e. The standard InChI is InChI=1S/C22H27NO6/c1-12-13(2)21(25)29-19-11-17(9-10-18(12)19)28-14(3)20(24)23-16-7-5-15(6-8-16)22(26)27-4/h9-11,14-16H,5-8H2,1-4H3,(H,23,24). The minimum Gasteiger partial charge on any atom is -0.481 e. The van der Waals surface area contributed by atoms with Gasteiger partial charge in [0.1, 0.15) is 11.3 Å². The van der Waals surface area contributed by atoms with E-state index in [1.54, 1.807) is 26.0 Å². The minimum atomic E-state index is -0.705. The zero-order valence-electron chi connectivity index (χ0n) is 17.2. The number of hydrogen-bond donors (Lipinski definition) is 1. The van der Waals surface area contributed by atoms with Crippen LogP contribution in [0.3, 0.4) is 0 Å². The molecule has 1 N–H and O–H groups in total. The fraction of sp³-hybridized carbons (Fsp3) is 0.500. The average molecular weight is 401 g/mol. The Balaban J connectivity index is 1.61. The number of carbonyl (C=O) groups excluding carboxylic acids is 2. The Bertz CT molecular complexity index is 971. The van der Waals surface area contributed by atoms with E-state index in [4.69, 9.17) is 13.9 Å². The highest BCUT2D eigenvalue weighted by atomic mass is 16.5. The summed E-state index contributed by atoms with van der Waals surface area (Å²) in [6.07, 6.45) is 2.17. The fourth-order valence-corrected chi connectivity index (χ4v) is 3.72. The molecule has 1 saturated carbocycles. The molecule has 0 aliphatic heterocycles. The number of aryl methyl sites for hydroxylation is 1. The molecular weight excluding hydrogens is 374 g/mol. The van der Waals surface area contributed by atoms with E-state index in [1.165, 1.54) is 7.11 Å². The van der Waals surface area contributed by atoms with Gasteiger partial charge in [0.25, 0.3) is 5.91 Å². The lowest BCUT2D eigenvalue weighted by molar-refractivity contribution is -0.146. The molecular formula is C22H27NO6. The molecule has 1 atom stereocenters. The Morgan fingerprint density at radius 1 is 1.14 bits per heavy atom. The molecule has 0 spiro atoms. The van der Waals surface area contributed by atoms with Crippen LogP contribution >= 0.6 is 0 Å². The van der Waals surface area contributed by atoms with Crippen molar-refractivity contribution >= 4 is 22.8 Å². The van der Waals surface area contributed by atoms with Gasteiger partial charge in [0.2, 0.25) is 0 Å². The van der Waals surface area contributed by atoms with E-state index in [0.29, 0.717) is 29.7 Å². The summed E-state index contributed by atoms with van der Waals surface area (Å²) in [6, 6.07) is 5.25. The first-order chi connectivity index (χ1) is 13.8. The van der Waals surface area contributed by atoms with Crippen molar-refractivity contribution in [2.75, 3.05) is 7.11 Å². The SMILES string of the molecule is COC(=O)C1CCC(NC(=O)C(C)Oc2ccc3c(C)c(C)c(=O)oc3c2)CC1. The lowest BCUT2D eigenvalue weighted by atomic mass is 9.86. The van der Waals surface area contributed by atoms with Gasteiger partial charge >= 0.3 is 11.6 Å². The van der Waals surface area contributed by atoms with Crippen molar-refractivity contribution in [1.82, 2.24) is 5.32 Å². The highest BCUT2D eigenvalue weighted by molar-refractivity contribution is 5.83. The van der Waals surface area contributed by atoms with Crippen LogP contribution < -0.4 is 15.7 Å². The average Bonchev–Trinajstić information content (AvgIpc) is 2.72. The van der Waals surface area contributed by atoms with Crippen LogP contribution in [0, 0.1) is 19.8 Å². The number of benzene rings is 1. The summed E-state index contributed by atoms with van der Waals surface area (Å²) in [6.45, 7) is 5.28. The molecule has 156 valence electrons. The number of hydrogen-bond acceptors (Lipinski definition) is 6. The fourth-order valence-electron chi connectivity index (χ4n) is 3.72. The molecule has 1 aromatic heterocycles. The van der Waals surface area contributed by atoms with Crippen molar-refractivity contribution in [3.05, 3.63) is 39.7 Å². The zero-order chi connectivity index (χ0) is 21.1. The van der Waals surface area contributed by atoms with Crippen LogP contribution in [0.5, 0.6) is 5.75 Å². The number of rotatable bonds is 5. The summed E-state index contributed by atoms with van der Waals surface area (Å²) in [7, 11) is 1.40. The first kappa shape index (κ1) is 20.9. The van der Waals surface area contributed by atoms with Crippen LogP contribution in [0.2, 0.25) is 0 Å². The van der Waals surface area contributed by atoms with E-state index in [1.807, 2.05) is 13.0 Å². The van der Waals surface area contributed by atoms with Crippen LogP contribution in [0.15, 0.2) is 27.4 Å². The molecule has 0 saturated heterocycles. The van der Waals surface area contributed by atoms with Crippen molar-refractivity contribution in [1.29, 1.82) is 0 Å². The Morgan fingerprint density at radius 3 is 2.48 bits per heavy atom. The maximum absolute atomic E-state index is 12.5. The third-order valence-electron chi connectivity index (χ3n) is 5.72. The van der Waals surface area contributed by atoms with Gasteiger partial charge in [-0.1, -0.05) is 0 Å². The number of fused-ring (bicyclic) bond motifs is 1. The van der Waals surface area contributed by atoms with Crippen LogP contribution in [0.1, 0.15) is 43.7 Å². The van der Waals surface area contributed by atoms with Gasteiger partial charge in [-0.25, -0.2) is 4.79 Å². The van der Waals surface area contributed by atoms with Crippen LogP contribution in [0.25, 0.3) is 11.0 Å². The summed E-state index contributed by atoms with van der Waals surface area (Å²) < 4.78 is 15.9. The van der Waals surface area contributed by atoms with Crippen molar-refractivity contribution in [3.8, 4) is 5.75 Å². The molecule has 1 heterocycles. The summed E-state index contributed by atoms with van der Waals surface area (Å²) in [5.41, 5.74) is 1.52. The van der Waals surface area contributed by atoms with Crippen molar-refractivity contribution in [2.24, 2.45) is 5.92 Å². The summed E-state index contributed by atoms with van der Waals surface area (Å²) in [4.78, 5) is 36.0. The first-order valence-corrected chi connectivity index (χ1v) is 9.89. The highest BCUT2D eigenvalue weighted by Crippen LogP contribution is 2.26. The molecule has 1 aromatic carbocycles. The van der Waals surface area contributed by atoms with Crippen molar-refractivity contribution in [2.45, 2.75) is 58.6 Å². The minimum absolute atomic E-state index is 0.0229. The summed E-state index contributed by atoms with van der Waals surface area (Å²) >= 11 is 0. The summed E-state index contributed by atoms with van der Waals surface area (Å²) in [5.74, 6) is -0.0184. The third kappa shape index (κ3) is 4.60. The molecule has 1 aliphatic rings. The monoisotopic (exact) mass is 401 g/mol. The number of ether oxygens (including phenoxy) is 2. The Hall–Kier alpha value is -2.83. The number of amides is 1. The molecule has 3 rings (SSSR count). The molecule has 29 heavy (non-hydrogen) atoms. The van der Waals surface area contributed by atoms with E-state index >= 15 is 0 Å². The van der Waals surface area contributed by atoms with Crippen molar-refractivity contribution in [3.63, 3.8) is 0 Å². The van der Waals surface area contributed by atoms with E-state index in [9.17, 15) is 14.4 Å². The molecule has 7 heteroatoms. The molecule has 1 fully saturated rings. The van der Waals surface area contributed by atoms with Gasteiger partial charge in [0.05, 0.1) is 13.0 Å². The van der Waals surface area contributed by atoms with Crippen LogP contribution in [0.4, 0.5) is 0 Å². The smallest absolute Gasteiger partial charge is 0.339 e. The van der Waals surface area contributed by atoms with Gasteiger partial charge in [-0.05, 0) is 64.2 Å². The summed E-state index contributed by atoms with van der Waals surface area (Å²) in [5, 5.41) is 3.83. The molecule has 1 aliphatic carbocycles. The molecule has 1 unspecified atom stereocenters. The van der Waals surface area contributed by atoms with Crippen LogP contribution in [-0.4, -0.2) is 31.1 Å². The van der Waals surface area contributed by atoms with Gasteiger partial charge in [0.15, 0.2) is 6.10 Å². The van der Waals surface area contributed by atoms with Gasteiger partial charge in [0, 0.05) is 23.1 Å². The van der Waals surface area contributed by atoms with Crippen molar-refractivity contribution < 1.29 is 23.5 Å². The van der Waals surface area contributed by atoms with E-state index in [-0.39, 0.29) is 29.5 Å². The maximum atomic E-state index is 12.5. The first-order valence-electron chi connectivity index (χ1n) is 9.89. The Labute approximate surface area is 169 Å². The quantitative estimate of drug-likeness (QED) is 0.611. The van der Waals surface area contributed by atoms with Gasteiger partial charge < -0.3 is 19.2 Å². The van der Waals surface area contributed by atoms with Crippen LogP contribution in [-0.2, 0) is 14.3 Å². The maximum Gasteiger partial charge on any atom is 0.339 e. The third-order valence-corrected chi connectivity index (χ3v) is 5.72. The second kappa shape index (κ2) is 8.68. The predicted octanol–water partition coefficient (Wildman–Crippen LogP) is 3.03. The molecule has 7 nitrogen and oxygen atoms in total. The van der Waals surface area contributed by atoms with Gasteiger partial charge in [-0.15, -0.1) is 0 Å². The molecule has 2 aromatic rings. The molecule has 0 bridgehead atoms.